The zero-order valence-corrected chi connectivity index (χ0v) is 16.8. The SMILES string of the molecule is CCN(CC)C(=O)NC1C[C@@H]2c3cccc4c3c(cn4C(N)=O)C[C@H]2N(C)C1. The normalized spacial score (nSPS) is 24.0. The Bertz CT molecular complexity index is 917. The van der Waals surface area contributed by atoms with Crippen molar-refractivity contribution >= 4 is 23.0 Å². The Morgan fingerprint density at radius 3 is 2.71 bits per heavy atom. The molecule has 1 unspecified atom stereocenters. The van der Waals surface area contributed by atoms with Crippen molar-refractivity contribution in [1.82, 2.24) is 19.7 Å². The van der Waals surface area contributed by atoms with Gasteiger partial charge in [-0.3, -0.25) is 4.57 Å². The Kier molecular flexibility index (Phi) is 4.79. The number of urea groups is 1. The van der Waals surface area contributed by atoms with Gasteiger partial charge in [-0.15, -0.1) is 0 Å². The minimum absolute atomic E-state index is 0.0106. The Balaban J connectivity index is 1.66. The Morgan fingerprint density at radius 1 is 1.29 bits per heavy atom. The fourth-order valence-electron chi connectivity index (χ4n) is 5.11. The number of carbonyl (C=O) groups is 2. The highest BCUT2D eigenvalue weighted by Gasteiger charge is 2.40. The van der Waals surface area contributed by atoms with E-state index in [1.165, 1.54) is 11.1 Å². The molecule has 0 bridgehead atoms. The molecule has 150 valence electrons. The van der Waals surface area contributed by atoms with Crippen molar-refractivity contribution in [2.24, 2.45) is 5.73 Å². The quantitative estimate of drug-likeness (QED) is 0.853. The van der Waals surface area contributed by atoms with Gasteiger partial charge >= 0.3 is 12.1 Å². The van der Waals surface area contributed by atoms with Crippen molar-refractivity contribution in [2.45, 2.75) is 44.7 Å². The summed E-state index contributed by atoms with van der Waals surface area (Å²) in [6, 6.07) is 6.16. The summed E-state index contributed by atoms with van der Waals surface area (Å²) in [6.45, 7) is 6.24. The molecule has 3 atom stereocenters. The topological polar surface area (TPSA) is 83.6 Å². The maximum atomic E-state index is 12.5. The molecule has 2 aromatic rings. The highest BCUT2D eigenvalue weighted by Crippen LogP contribution is 2.43. The number of likely N-dealkylation sites (N-methyl/N-ethyl adjacent to an activating group) is 1. The molecular weight excluding hydrogens is 354 g/mol. The minimum Gasteiger partial charge on any atom is -0.351 e. The lowest BCUT2D eigenvalue weighted by Crippen LogP contribution is -2.56. The van der Waals surface area contributed by atoms with Crippen LogP contribution in [-0.4, -0.2) is 65.2 Å². The van der Waals surface area contributed by atoms with Gasteiger partial charge in [0.1, 0.15) is 0 Å². The largest absolute Gasteiger partial charge is 0.351 e. The molecule has 3 N–H and O–H groups in total. The lowest BCUT2D eigenvalue weighted by Gasteiger charge is -2.45. The van der Waals surface area contributed by atoms with Crippen LogP contribution in [0, 0.1) is 0 Å². The van der Waals surface area contributed by atoms with Gasteiger partial charge in [-0.1, -0.05) is 12.1 Å². The van der Waals surface area contributed by atoms with Gasteiger partial charge < -0.3 is 20.9 Å². The maximum absolute atomic E-state index is 12.5. The molecule has 28 heavy (non-hydrogen) atoms. The number of piperidine rings is 1. The van der Waals surface area contributed by atoms with Crippen LogP contribution in [-0.2, 0) is 6.42 Å². The van der Waals surface area contributed by atoms with Crippen LogP contribution in [0.2, 0.25) is 0 Å². The molecule has 1 aliphatic heterocycles. The van der Waals surface area contributed by atoms with Crippen LogP contribution in [0.3, 0.4) is 0 Å². The van der Waals surface area contributed by atoms with E-state index in [1.54, 1.807) is 4.57 Å². The third kappa shape index (κ3) is 2.94. The average Bonchev–Trinajstić information content (AvgIpc) is 3.04. The van der Waals surface area contributed by atoms with Crippen molar-refractivity contribution in [3.63, 3.8) is 0 Å². The summed E-state index contributed by atoms with van der Waals surface area (Å²) in [6.07, 6.45) is 3.70. The fraction of sp³-hybridized carbons (Fsp3) is 0.524. The summed E-state index contributed by atoms with van der Waals surface area (Å²) in [7, 11) is 2.13. The number of nitrogens with zero attached hydrogens (tertiary/aromatic N) is 3. The molecule has 0 radical (unpaired) electrons. The number of benzene rings is 1. The molecule has 1 aromatic carbocycles. The van der Waals surface area contributed by atoms with Crippen LogP contribution in [0.25, 0.3) is 10.9 Å². The molecule has 1 saturated heterocycles. The molecule has 7 nitrogen and oxygen atoms in total. The monoisotopic (exact) mass is 383 g/mol. The van der Waals surface area contributed by atoms with Crippen molar-refractivity contribution in [2.75, 3.05) is 26.7 Å². The zero-order chi connectivity index (χ0) is 20.0. The number of aromatic nitrogens is 1. The van der Waals surface area contributed by atoms with Gasteiger partial charge in [-0.05, 0) is 50.9 Å². The number of primary amides is 1. The van der Waals surface area contributed by atoms with Crippen LogP contribution in [0.1, 0.15) is 37.3 Å². The first kappa shape index (κ1) is 18.8. The number of fused-ring (bicyclic) bond motifs is 2. The molecule has 1 aliphatic carbocycles. The summed E-state index contributed by atoms with van der Waals surface area (Å²) in [5.41, 5.74) is 8.91. The second kappa shape index (κ2) is 7.13. The lowest BCUT2D eigenvalue weighted by molar-refractivity contribution is 0.124. The van der Waals surface area contributed by atoms with E-state index in [1.807, 2.05) is 37.1 Å². The van der Waals surface area contributed by atoms with Crippen molar-refractivity contribution < 1.29 is 9.59 Å². The summed E-state index contributed by atoms with van der Waals surface area (Å²) in [5, 5.41) is 4.39. The van der Waals surface area contributed by atoms with Crippen LogP contribution >= 0.6 is 0 Å². The number of hydrogen-bond acceptors (Lipinski definition) is 3. The Hall–Kier alpha value is -2.54. The summed E-state index contributed by atoms with van der Waals surface area (Å²) < 4.78 is 1.56. The number of hydrogen-bond donors (Lipinski definition) is 2. The second-order valence-corrected chi connectivity index (χ2v) is 7.98. The summed E-state index contributed by atoms with van der Waals surface area (Å²) in [4.78, 5) is 28.6. The van der Waals surface area contributed by atoms with E-state index in [4.69, 9.17) is 5.73 Å². The molecule has 7 heteroatoms. The van der Waals surface area contributed by atoms with Crippen LogP contribution < -0.4 is 11.1 Å². The van der Waals surface area contributed by atoms with Gasteiger partial charge in [-0.25, -0.2) is 9.59 Å². The number of likely N-dealkylation sites (tertiary alicyclic amines) is 1. The highest BCUT2D eigenvalue weighted by atomic mass is 16.2. The van der Waals surface area contributed by atoms with Crippen LogP contribution in [0.4, 0.5) is 9.59 Å². The number of nitrogens with two attached hydrogens (primary N) is 1. The first-order chi connectivity index (χ1) is 13.4. The van der Waals surface area contributed by atoms with Crippen molar-refractivity contribution in [3.8, 4) is 0 Å². The highest BCUT2D eigenvalue weighted by molar-refractivity contribution is 5.96. The molecule has 2 aliphatic rings. The molecule has 4 rings (SSSR count). The molecule has 2 heterocycles. The average molecular weight is 383 g/mol. The number of rotatable bonds is 3. The molecular formula is C21H29N5O2. The van der Waals surface area contributed by atoms with Gasteiger partial charge in [0.05, 0.1) is 5.52 Å². The summed E-state index contributed by atoms with van der Waals surface area (Å²) >= 11 is 0. The predicted molar refractivity (Wildman–Crippen MR) is 110 cm³/mol. The van der Waals surface area contributed by atoms with E-state index in [-0.39, 0.29) is 12.1 Å². The smallest absolute Gasteiger partial charge is 0.323 e. The van der Waals surface area contributed by atoms with Gasteiger partial charge in [-0.2, -0.15) is 0 Å². The van der Waals surface area contributed by atoms with E-state index in [2.05, 4.69) is 23.3 Å². The Labute approximate surface area is 165 Å². The lowest BCUT2D eigenvalue weighted by atomic mass is 9.74. The van der Waals surface area contributed by atoms with Crippen molar-refractivity contribution in [1.29, 1.82) is 0 Å². The van der Waals surface area contributed by atoms with E-state index < -0.39 is 6.03 Å². The third-order valence-corrected chi connectivity index (χ3v) is 6.46. The Morgan fingerprint density at radius 2 is 2.04 bits per heavy atom. The standard InChI is InChI=1S/C21H29N5O2/c1-4-25(5-2)21(28)23-14-10-16-15-7-6-8-17-19(15)13(11-26(17)20(22)27)9-18(16)24(3)12-14/h6-8,11,14,16,18H,4-5,9-10,12H2,1-3H3,(H2,22,27)(H,23,28)/t14?,16-,18-/m1/s1. The van der Waals surface area contributed by atoms with Gasteiger partial charge in [0.25, 0.3) is 0 Å². The van der Waals surface area contributed by atoms with Gasteiger partial charge in [0, 0.05) is 49.2 Å². The maximum Gasteiger partial charge on any atom is 0.323 e. The van der Waals surface area contributed by atoms with E-state index >= 15 is 0 Å². The molecule has 0 spiro atoms. The molecule has 1 aromatic heterocycles. The van der Waals surface area contributed by atoms with E-state index in [9.17, 15) is 9.59 Å². The van der Waals surface area contributed by atoms with E-state index in [0.29, 0.717) is 25.0 Å². The fourth-order valence-corrected chi connectivity index (χ4v) is 5.11. The number of amides is 3. The molecule has 0 saturated carbocycles. The third-order valence-electron chi connectivity index (χ3n) is 6.46. The number of carbonyl (C=O) groups excluding carboxylic acids is 2. The van der Waals surface area contributed by atoms with Crippen LogP contribution in [0.5, 0.6) is 0 Å². The summed E-state index contributed by atoms with van der Waals surface area (Å²) in [5.74, 6) is 0.320. The van der Waals surface area contributed by atoms with Gasteiger partial charge in [0.2, 0.25) is 0 Å². The first-order valence-electron chi connectivity index (χ1n) is 10.1. The number of nitrogens with one attached hydrogen (secondary N) is 1. The van der Waals surface area contributed by atoms with Crippen molar-refractivity contribution in [3.05, 3.63) is 35.5 Å². The first-order valence-corrected chi connectivity index (χ1v) is 10.1. The minimum atomic E-state index is -0.448. The molecule has 1 fully saturated rings. The predicted octanol–water partition coefficient (Wildman–Crippen LogP) is 2.33. The molecule has 3 amide bonds. The van der Waals surface area contributed by atoms with Gasteiger partial charge in [0.15, 0.2) is 0 Å². The van der Waals surface area contributed by atoms with Crippen LogP contribution in [0.15, 0.2) is 24.4 Å². The zero-order valence-electron chi connectivity index (χ0n) is 16.8. The van der Waals surface area contributed by atoms with E-state index in [0.717, 1.165) is 30.3 Å². The second-order valence-electron chi connectivity index (χ2n) is 7.98.